The molecule has 13 heteroatoms. The Morgan fingerprint density at radius 2 is 1.55 bits per heavy atom. The van der Waals surface area contributed by atoms with Crippen LogP contribution in [0.3, 0.4) is 0 Å². The standard InChI is InChI=1S/C31H32F8O5/c1-2-3-20-16-41-29(42-17-20)21-6-10-22(11-7-21)30(36,37)43-13-12-19-4-8-23(9-5-19)31(38,39)44-24-14-25(32)28(26(33)15-24)40-18-27(34)35/h6-7,10-15,18-20,23,29H,2-5,8-9,16-17H2,1H3. The van der Waals surface area contributed by atoms with Crippen LogP contribution in [0.2, 0.25) is 0 Å². The lowest BCUT2D eigenvalue weighted by Crippen LogP contribution is -2.37. The van der Waals surface area contributed by atoms with Crippen molar-refractivity contribution in [2.45, 2.75) is 64.0 Å². The number of hydrogen-bond acceptors (Lipinski definition) is 5. The molecule has 4 rings (SSSR count). The smallest absolute Gasteiger partial charge is 0.426 e. The second-order valence-corrected chi connectivity index (χ2v) is 10.8. The van der Waals surface area contributed by atoms with Crippen LogP contribution in [-0.2, 0) is 20.3 Å². The Labute approximate surface area is 249 Å². The number of alkyl halides is 4. The molecular weight excluding hydrogens is 604 g/mol. The molecule has 1 aliphatic heterocycles. The lowest BCUT2D eigenvalue weighted by Gasteiger charge is -2.32. The Balaban J connectivity index is 1.25. The summed E-state index contributed by atoms with van der Waals surface area (Å²) < 4.78 is 136. The Kier molecular flexibility index (Phi) is 11.2. The van der Waals surface area contributed by atoms with Gasteiger partial charge in [0.25, 0.3) is 0 Å². The van der Waals surface area contributed by atoms with Crippen LogP contribution >= 0.6 is 0 Å². The molecular formula is C31H32F8O5. The van der Waals surface area contributed by atoms with E-state index in [1.807, 2.05) is 0 Å². The third-order valence-corrected chi connectivity index (χ3v) is 7.49. The van der Waals surface area contributed by atoms with Crippen molar-refractivity contribution in [3.05, 3.63) is 83.8 Å². The van der Waals surface area contributed by atoms with Crippen molar-refractivity contribution >= 4 is 0 Å². The van der Waals surface area contributed by atoms with E-state index < -0.39 is 53.6 Å². The molecule has 242 valence electrons. The molecule has 0 N–H and O–H groups in total. The summed E-state index contributed by atoms with van der Waals surface area (Å²) >= 11 is 0. The van der Waals surface area contributed by atoms with Gasteiger partial charge in [0.2, 0.25) is 0 Å². The fourth-order valence-electron chi connectivity index (χ4n) is 5.15. The van der Waals surface area contributed by atoms with Crippen molar-refractivity contribution in [3.63, 3.8) is 0 Å². The first-order valence-electron chi connectivity index (χ1n) is 14.2. The molecule has 1 saturated heterocycles. The van der Waals surface area contributed by atoms with Crippen LogP contribution in [-0.4, -0.2) is 19.3 Å². The minimum Gasteiger partial charge on any atom is -0.453 e. The first kappa shape index (κ1) is 33.6. The maximum Gasteiger partial charge on any atom is 0.426 e. The predicted octanol–water partition coefficient (Wildman–Crippen LogP) is 9.60. The highest BCUT2D eigenvalue weighted by Gasteiger charge is 2.44. The molecule has 2 aromatic rings. The second-order valence-electron chi connectivity index (χ2n) is 10.8. The number of allylic oxidation sites excluding steroid dienone is 1. The van der Waals surface area contributed by atoms with Crippen LogP contribution in [0.5, 0.6) is 11.5 Å². The van der Waals surface area contributed by atoms with Crippen LogP contribution in [0.4, 0.5) is 35.1 Å². The molecule has 44 heavy (non-hydrogen) atoms. The van der Waals surface area contributed by atoms with Gasteiger partial charge in [-0.3, -0.25) is 0 Å². The Bertz CT molecular complexity index is 1260. The van der Waals surface area contributed by atoms with Gasteiger partial charge in [0.05, 0.1) is 31.0 Å². The summed E-state index contributed by atoms with van der Waals surface area (Å²) in [7, 11) is 0. The van der Waals surface area contributed by atoms with Crippen LogP contribution in [0.25, 0.3) is 0 Å². The molecule has 0 aromatic heterocycles. The maximum absolute atomic E-state index is 14.8. The van der Waals surface area contributed by atoms with Gasteiger partial charge in [0.1, 0.15) is 5.75 Å². The van der Waals surface area contributed by atoms with Gasteiger partial charge in [0, 0.05) is 23.6 Å². The molecule has 0 radical (unpaired) electrons. The summed E-state index contributed by atoms with van der Waals surface area (Å²) in [6.07, 6.45) is -6.16. The molecule has 0 amide bonds. The first-order chi connectivity index (χ1) is 20.9. The van der Waals surface area contributed by atoms with E-state index in [2.05, 4.69) is 16.4 Å². The maximum atomic E-state index is 14.8. The Morgan fingerprint density at radius 3 is 2.11 bits per heavy atom. The van der Waals surface area contributed by atoms with Gasteiger partial charge in [-0.2, -0.15) is 26.3 Å². The van der Waals surface area contributed by atoms with Crippen molar-refractivity contribution in [1.82, 2.24) is 0 Å². The number of ether oxygens (including phenoxy) is 5. The zero-order valence-corrected chi connectivity index (χ0v) is 23.7. The second kappa shape index (κ2) is 14.6. The van der Waals surface area contributed by atoms with Gasteiger partial charge in [-0.1, -0.05) is 25.5 Å². The summed E-state index contributed by atoms with van der Waals surface area (Å²) in [5.41, 5.74) is 0.223. The largest absolute Gasteiger partial charge is 0.453 e. The Hall–Kier alpha value is -3.32. The average molecular weight is 637 g/mol. The van der Waals surface area contributed by atoms with E-state index in [0.29, 0.717) is 36.8 Å². The molecule has 1 saturated carbocycles. The summed E-state index contributed by atoms with van der Waals surface area (Å²) in [5.74, 6) is -6.42. The quantitative estimate of drug-likeness (QED) is 0.172. The summed E-state index contributed by atoms with van der Waals surface area (Å²) in [6.45, 7) is 3.14. The van der Waals surface area contributed by atoms with E-state index in [4.69, 9.17) is 14.2 Å². The normalized spacial score (nSPS) is 22.9. The van der Waals surface area contributed by atoms with E-state index >= 15 is 0 Å². The molecule has 5 nitrogen and oxygen atoms in total. The monoisotopic (exact) mass is 636 g/mol. The highest BCUT2D eigenvalue weighted by atomic mass is 19.3. The molecule has 1 aliphatic carbocycles. The zero-order chi connectivity index (χ0) is 31.9. The molecule has 0 spiro atoms. The molecule has 0 unspecified atom stereocenters. The van der Waals surface area contributed by atoms with Gasteiger partial charge < -0.3 is 23.7 Å². The highest BCUT2D eigenvalue weighted by Crippen LogP contribution is 2.41. The molecule has 2 fully saturated rings. The highest BCUT2D eigenvalue weighted by molar-refractivity contribution is 5.35. The van der Waals surface area contributed by atoms with Gasteiger partial charge in [-0.25, -0.2) is 8.78 Å². The number of benzene rings is 2. The molecule has 0 bridgehead atoms. The summed E-state index contributed by atoms with van der Waals surface area (Å²) in [4.78, 5) is 0. The van der Waals surface area contributed by atoms with Crippen molar-refractivity contribution in [3.8, 4) is 11.5 Å². The molecule has 0 atom stereocenters. The van der Waals surface area contributed by atoms with E-state index in [1.54, 1.807) is 0 Å². The molecule has 2 aromatic carbocycles. The van der Waals surface area contributed by atoms with E-state index in [9.17, 15) is 35.1 Å². The summed E-state index contributed by atoms with van der Waals surface area (Å²) in [5, 5.41) is 0. The van der Waals surface area contributed by atoms with Gasteiger partial charge >= 0.3 is 18.3 Å². The minimum atomic E-state index is -3.82. The van der Waals surface area contributed by atoms with Gasteiger partial charge in [-0.05, 0) is 56.2 Å². The van der Waals surface area contributed by atoms with Crippen molar-refractivity contribution < 1.29 is 58.8 Å². The Morgan fingerprint density at radius 1 is 0.932 bits per heavy atom. The van der Waals surface area contributed by atoms with E-state index in [1.165, 1.54) is 30.3 Å². The van der Waals surface area contributed by atoms with E-state index in [0.717, 1.165) is 19.1 Å². The van der Waals surface area contributed by atoms with Crippen LogP contribution < -0.4 is 9.47 Å². The van der Waals surface area contributed by atoms with Gasteiger partial charge in [-0.15, -0.1) is 0 Å². The molecule has 1 heterocycles. The SMILES string of the molecule is CCCC1COC(c2ccc(C(F)(F)OC=CC3CCC(C(F)(F)Oc4cc(F)c(OC=C(F)F)c(F)c4)CC3)cc2)OC1. The lowest BCUT2D eigenvalue weighted by molar-refractivity contribution is -0.223. The lowest BCUT2D eigenvalue weighted by atomic mass is 9.81. The third-order valence-electron chi connectivity index (χ3n) is 7.49. The van der Waals surface area contributed by atoms with Crippen LogP contribution in [0.15, 0.2) is 61.1 Å². The zero-order valence-electron chi connectivity index (χ0n) is 23.7. The van der Waals surface area contributed by atoms with Crippen molar-refractivity contribution in [1.29, 1.82) is 0 Å². The van der Waals surface area contributed by atoms with Crippen molar-refractivity contribution in [2.24, 2.45) is 17.8 Å². The van der Waals surface area contributed by atoms with Crippen LogP contribution in [0.1, 0.15) is 62.9 Å². The first-order valence-corrected chi connectivity index (χ1v) is 14.2. The predicted molar refractivity (Wildman–Crippen MR) is 142 cm³/mol. The van der Waals surface area contributed by atoms with E-state index in [-0.39, 0.29) is 43.4 Å². The van der Waals surface area contributed by atoms with Crippen molar-refractivity contribution in [2.75, 3.05) is 13.2 Å². The fourth-order valence-corrected chi connectivity index (χ4v) is 5.15. The topological polar surface area (TPSA) is 46.2 Å². The molecule has 2 aliphatic rings. The minimum absolute atomic E-state index is 0.0723. The fraction of sp³-hybridized carbons (Fsp3) is 0.484. The van der Waals surface area contributed by atoms with Gasteiger partial charge in [0.15, 0.2) is 29.9 Å². The number of rotatable bonds is 12. The third kappa shape index (κ3) is 8.87. The summed E-state index contributed by atoms with van der Waals surface area (Å²) in [6, 6.07) is 6.22. The number of halogens is 8. The van der Waals surface area contributed by atoms with Crippen LogP contribution in [0, 0.1) is 29.4 Å². The number of hydrogen-bond donors (Lipinski definition) is 0. The average Bonchev–Trinajstić information content (AvgIpc) is 2.97.